The average molecular weight is 713 g/mol. The number of fused-ring (bicyclic) bond motifs is 3. The van der Waals surface area contributed by atoms with E-state index in [-0.39, 0.29) is 22.9 Å². The van der Waals surface area contributed by atoms with E-state index in [0.29, 0.717) is 61.0 Å². The largest absolute Gasteiger partial charge is 0.506 e. The van der Waals surface area contributed by atoms with Crippen LogP contribution < -0.4 is 20.9 Å². The highest BCUT2D eigenvalue weighted by molar-refractivity contribution is 5.87. The maximum atomic E-state index is 14.2. The van der Waals surface area contributed by atoms with Crippen molar-refractivity contribution in [3.8, 4) is 11.5 Å². The number of piperidine rings is 3. The number of phenolic OH excluding ortho intramolecular Hbond substituents is 1. The van der Waals surface area contributed by atoms with Crippen LogP contribution in [0.15, 0.2) is 102 Å². The number of aromatic amines is 1. The van der Waals surface area contributed by atoms with Crippen LogP contribution in [0.2, 0.25) is 0 Å². The van der Waals surface area contributed by atoms with E-state index in [0.717, 1.165) is 60.5 Å². The Bertz CT molecular complexity index is 2230. The molecule has 6 atom stereocenters. The van der Waals surface area contributed by atoms with Crippen LogP contribution in [-0.2, 0) is 41.2 Å². The maximum absolute atomic E-state index is 14.2. The third kappa shape index (κ3) is 6.19. The van der Waals surface area contributed by atoms with Gasteiger partial charge in [0.1, 0.15) is 29.2 Å². The van der Waals surface area contributed by atoms with E-state index < -0.39 is 11.6 Å². The van der Waals surface area contributed by atoms with Crippen LogP contribution in [0.5, 0.6) is 11.5 Å². The van der Waals surface area contributed by atoms with Crippen molar-refractivity contribution >= 4 is 16.9 Å². The lowest BCUT2D eigenvalue weighted by Crippen LogP contribution is -2.51. The number of aliphatic hydroxyl groups is 1. The minimum absolute atomic E-state index is 0.0342. The summed E-state index contributed by atoms with van der Waals surface area (Å²) in [6.45, 7) is 4.82. The van der Waals surface area contributed by atoms with Gasteiger partial charge in [0.05, 0.1) is 11.6 Å². The van der Waals surface area contributed by atoms with Gasteiger partial charge >= 0.3 is 5.97 Å². The molecule has 3 saturated heterocycles. The summed E-state index contributed by atoms with van der Waals surface area (Å²) in [7, 11) is 0. The van der Waals surface area contributed by atoms with Crippen molar-refractivity contribution in [2.45, 2.75) is 56.2 Å². The molecule has 0 amide bonds. The maximum Gasteiger partial charge on any atom is 0.331 e. The van der Waals surface area contributed by atoms with Crippen LogP contribution in [0.1, 0.15) is 52.3 Å². The van der Waals surface area contributed by atoms with Crippen molar-refractivity contribution in [1.29, 1.82) is 0 Å². The number of nitrogens with zero attached hydrogens (tertiary/aromatic N) is 1. The Morgan fingerprint density at radius 2 is 1.79 bits per heavy atom. The molecule has 1 aromatic heterocycles. The summed E-state index contributed by atoms with van der Waals surface area (Å²) in [5.74, 6) is 1.59. The molecule has 4 aromatic carbocycles. The van der Waals surface area contributed by atoms with Crippen LogP contribution in [0, 0.1) is 11.8 Å². The first kappa shape index (κ1) is 33.8. The number of aryl methyl sites for hydroxylation is 1. The van der Waals surface area contributed by atoms with Gasteiger partial charge in [-0.1, -0.05) is 66.7 Å². The van der Waals surface area contributed by atoms with Gasteiger partial charge in [-0.15, -0.1) is 0 Å². The summed E-state index contributed by atoms with van der Waals surface area (Å²) in [6, 6.07) is 30.6. The quantitative estimate of drug-likeness (QED) is 0.109. The molecular formula is C43H44N4O6. The summed E-state index contributed by atoms with van der Waals surface area (Å²) in [6.07, 6.45) is 1.82. The molecule has 1 saturated carbocycles. The second-order valence-electron chi connectivity index (χ2n) is 15.2. The zero-order valence-corrected chi connectivity index (χ0v) is 29.5. The number of esters is 1. The molecule has 5 aromatic rings. The van der Waals surface area contributed by atoms with Crippen LogP contribution in [0.4, 0.5) is 0 Å². The number of carbonyl (C=O) groups excluding carboxylic acids is 1. The predicted octanol–water partition coefficient (Wildman–Crippen LogP) is 4.81. The molecule has 272 valence electrons. The van der Waals surface area contributed by atoms with Crippen molar-refractivity contribution in [2.75, 3.05) is 26.2 Å². The normalized spacial score (nSPS) is 25.6. The van der Waals surface area contributed by atoms with E-state index in [1.807, 2.05) is 54.6 Å². The van der Waals surface area contributed by atoms with Gasteiger partial charge in [0.2, 0.25) is 5.56 Å². The fourth-order valence-corrected chi connectivity index (χ4v) is 9.17. The Balaban J connectivity index is 0.799. The summed E-state index contributed by atoms with van der Waals surface area (Å²) < 4.78 is 12.7. The smallest absolute Gasteiger partial charge is 0.331 e. The van der Waals surface area contributed by atoms with Crippen molar-refractivity contribution in [1.82, 2.24) is 20.5 Å². The summed E-state index contributed by atoms with van der Waals surface area (Å²) in [5.41, 5.74) is 4.83. The number of rotatable bonds is 13. The van der Waals surface area contributed by atoms with Gasteiger partial charge in [0.15, 0.2) is 0 Å². The van der Waals surface area contributed by atoms with Gasteiger partial charge in [-0.3, -0.25) is 15.0 Å². The lowest BCUT2D eigenvalue weighted by atomic mass is 9.91. The van der Waals surface area contributed by atoms with Gasteiger partial charge in [0, 0.05) is 56.0 Å². The molecule has 4 bridgehead atoms. The minimum atomic E-state index is -0.872. The number of aromatic nitrogens is 1. The van der Waals surface area contributed by atoms with E-state index in [1.165, 1.54) is 17.7 Å². The molecule has 53 heavy (non-hydrogen) atoms. The average Bonchev–Trinajstić information content (AvgIpc) is 3.43. The third-order valence-electron chi connectivity index (χ3n) is 12.0. The Morgan fingerprint density at radius 3 is 2.60 bits per heavy atom. The van der Waals surface area contributed by atoms with Crippen LogP contribution in [0.25, 0.3) is 10.9 Å². The van der Waals surface area contributed by atoms with Crippen LogP contribution >= 0.6 is 0 Å². The predicted molar refractivity (Wildman–Crippen MR) is 200 cm³/mol. The first-order chi connectivity index (χ1) is 25.8. The fourth-order valence-electron chi connectivity index (χ4n) is 9.17. The van der Waals surface area contributed by atoms with Crippen molar-refractivity contribution in [3.63, 3.8) is 0 Å². The highest BCUT2D eigenvalue weighted by Crippen LogP contribution is 2.63. The molecule has 5 aliphatic rings. The minimum Gasteiger partial charge on any atom is -0.506 e. The molecular weight excluding hydrogens is 668 g/mol. The molecule has 5 N–H and O–H groups in total. The monoisotopic (exact) mass is 712 g/mol. The van der Waals surface area contributed by atoms with E-state index in [9.17, 15) is 19.8 Å². The Kier molecular flexibility index (Phi) is 8.58. The first-order valence-electron chi connectivity index (χ1n) is 18.6. The van der Waals surface area contributed by atoms with Crippen LogP contribution in [-0.4, -0.2) is 57.8 Å². The molecule has 4 fully saturated rings. The second-order valence-corrected chi connectivity index (χ2v) is 15.2. The number of aliphatic hydroxyl groups excluding tert-OH is 1. The number of benzene rings is 4. The number of H-pyrrole nitrogens is 1. The molecule has 10 heteroatoms. The van der Waals surface area contributed by atoms with Gasteiger partial charge in [0.25, 0.3) is 0 Å². The Morgan fingerprint density at radius 1 is 0.943 bits per heavy atom. The van der Waals surface area contributed by atoms with E-state index in [4.69, 9.17) is 9.47 Å². The number of carbonyl (C=O) groups is 1. The Labute approximate surface area is 307 Å². The number of ether oxygens (including phenoxy) is 2. The zero-order chi connectivity index (χ0) is 36.2. The molecule has 4 heterocycles. The van der Waals surface area contributed by atoms with E-state index in [2.05, 4.69) is 38.7 Å². The highest BCUT2D eigenvalue weighted by atomic mass is 16.6. The van der Waals surface area contributed by atoms with Crippen molar-refractivity contribution in [3.05, 3.63) is 141 Å². The molecule has 3 aliphatic heterocycles. The standard InChI is InChI=1S/C43H44N4O6/c48-37-14-12-32(33-13-15-39(50)46-40(33)37)38(49)23-44-21-27-8-10-28(11-9-27)25-52-31-6-3-4-29(20-31)22-45-42(18-16-30-5-1-2-7-34(30)42)41(51)53-43-26-47-19-17-35(43)36(43)24-47/h1-15,20,35-36,38,44-45,48-49H,16-19,21-26H2,(H,46,50)/t35?,36?,38-,42?,43+/m0/s1. The number of hydrogen-bond acceptors (Lipinski definition) is 9. The van der Waals surface area contributed by atoms with Gasteiger partial charge in [-0.2, -0.15) is 0 Å². The zero-order valence-electron chi connectivity index (χ0n) is 29.5. The highest BCUT2D eigenvalue weighted by Gasteiger charge is 2.74. The molecule has 0 spiro atoms. The number of aromatic hydroxyl groups is 1. The molecule has 2 aliphatic carbocycles. The van der Waals surface area contributed by atoms with Gasteiger partial charge in [-0.05, 0) is 83.5 Å². The SMILES string of the molecule is O=C(O[C@]12CN3CCC1C2C3)C1(NCc2cccc(OCc3ccc(CNC[C@H](O)c4ccc(O)c5[nH]c(=O)ccc45)cc3)c2)CCc2ccccc21. The number of nitrogens with one attached hydrogen (secondary N) is 3. The van der Waals surface area contributed by atoms with Crippen molar-refractivity contribution < 1.29 is 24.5 Å². The summed E-state index contributed by atoms with van der Waals surface area (Å²) >= 11 is 0. The van der Waals surface area contributed by atoms with E-state index >= 15 is 0 Å². The van der Waals surface area contributed by atoms with Crippen LogP contribution in [0.3, 0.4) is 0 Å². The summed E-state index contributed by atoms with van der Waals surface area (Å²) in [4.78, 5) is 31.0. The number of phenols is 1. The summed E-state index contributed by atoms with van der Waals surface area (Å²) in [5, 5.41) is 28.6. The lowest BCUT2D eigenvalue weighted by molar-refractivity contribution is -0.162. The molecule has 10 nitrogen and oxygen atoms in total. The number of pyridine rings is 1. The fraction of sp³-hybridized carbons (Fsp3) is 0.349. The molecule has 0 radical (unpaired) electrons. The van der Waals surface area contributed by atoms with E-state index in [1.54, 1.807) is 12.1 Å². The topological polar surface area (TPSA) is 136 Å². The second kappa shape index (κ2) is 13.4. The van der Waals surface area contributed by atoms with Crippen molar-refractivity contribution in [2.24, 2.45) is 11.8 Å². The first-order valence-corrected chi connectivity index (χ1v) is 18.6. The lowest BCUT2D eigenvalue weighted by Gasteiger charge is -2.34. The number of hydrogen-bond donors (Lipinski definition) is 5. The molecule has 4 unspecified atom stereocenters. The molecule has 10 rings (SSSR count). The Hall–Kier alpha value is -5.00. The van der Waals surface area contributed by atoms with Gasteiger partial charge in [-0.25, -0.2) is 4.79 Å². The van der Waals surface area contributed by atoms with Gasteiger partial charge < -0.3 is 30.0 Å². The third-order valence-corrected chi connectivity index (χ3v) is 12.0.